The van der Waals surface area contributed by atoms with Crippen molar-refractivity contribution < 1.29 is 4.79 Å². The third kappa shape index (κ3) is 3.29. The average molecular weight is 386 g/mol. The molecule has 4 aromatic rings. The Kier molecular flexibility index (Phi) is 4.35. The fourth-order valence-electron chi connectivity index (χ4n) is 4.00. The van der Waals surface area contributed by atoms with Gasteiger partial charge in [-0.3, -0.25) is 9.48 Å². The van der Waals surface area contributed by atoms with Crippen LogP contribution in [0.2, 0.25) is 0 Å². The first-order chi connectivity index (χ1) is 14.2. The third-order valence-electron chi connectivity index (χ3n) is 5.54. The molecular formula is C22H22N6O. The Balaban J connectivity index is 1.40. The second-order valence-electron chi connectivity index (χ2n) is 7.50. The van der Waals surface area contributed by atoms with E-state index in [-0.39, 0.29) is 5.91 Å². The lowest BCUT2D eigenvalue weighted by atomic mass is 10.2. The van der Waals surface area contributed by atoms with E-state index < -0.39 is 0 Å². The number of aromatic nitrogens is 5. The van der Waals surface area contributed by atoms with Crippen LogP contribution >= 0.6 is 0 Å². The summed E-state index contributed by atoms with van der Waals surface area (Å²) in [5.41, 5.74) is 4.90. The molecule has 0 unspecified atom stereocenters. The minimum atomic E-state index is 0.00640. The van der Waals surface area contributed by atoms with Crippen LogP contribution in [0.5, 0.6) is 0 Å². The number of amides is 1. The first-order valence-electron chi connectivity index (χ1n) is 9.83. The minimum Gasteiger partial charge on any atom is -0.334 e. The minimum absolute atomic E-state index is 0.00640. The van der Waals surface area contributed by atoms with Crippen LogP contribution < -0.4 is 0 Å². The van der Waals surface area contributed by atoms with Crippen molar-refractivity contribution >= 4 is 16.9 Å². The fourth-order valence-corrected chi connectivity index (χ4v) is 4.00. The molecule has 7 heteroatoms. The lowest BCUT2D eigenvalue weighted by molar-refractivity contribution is 0.0745. The Morgan fingerprint density at radius 1 is 1.10 bits per heavy atom. The molecule has 0 aliphatic carbocycles. The molecule has 5 rings (SSSR count). The Morgan fingerprint density at radius 3 is 2.83 bits per heavy atom. The van der Waals surface area contributed by atoms with E-state index in [1.807, 2.05) is 51.8 Å². The molecule has 0 fully saturated rings. The summed E-state index contributed by atoms with van der Waals surface area (Å²) in [5, 5.41) is 9.69. The van der Waals surface area contributed by atoms with Gasteiger partial charge in [0.05, 0.1) is 24.5 Å². The number of nitrogens with zero attached hydrogens (tertiary/aromatic N) is 6. The van der Waals surface area contributed by atoms with Gasteiger partial charge in [-0.2, -0.15) is 10.2 Å². The van der Waals surface area contributed by atoms with Crippen LogP contribution in [0.3, 0.4) is 0 Å². The van der Waals surface area contributed by atoms with Crippen molar-refractivity contribution in [2.24, 2.45) is 7.05 Å². The number of fused-ring (bicyclic) bond motifs is 2. The monoisotopic (exact) mass is 386 g/mol. The SMILES string of the molecule is Cn1ncc2c1CCCN(C(=O)c1cnc3c(cnn3Cc3ccccc3)c1)C2. The standard InChI is InChI=1S/C22H22N6O/c1-26-20-8-5-9-27(15-19(20)13-24-26)22(29)18-10-17-12-25-28(21(17)23-11-18)14-16-6-3-2-4-7-16/h2-4,6-7,10-13H,5,8-9,14-15H2,1H3. The van der Waals surface area contributed by atoms with Crippen molar-refractivity contribution in [3.63, 3.8) is 0 Å². The molecule has 4 heterocycles. The van der Waals surface area contributed by atoms with Crippen molar-refractivity contribution in [1.29, 1.82) is 0 Å². The van der Waals surface area contributed by atoms with Gasteiger partial charge in [-0.1, -0.05) is 30.3 Å². The van der Waals surface area contributed by atoms with Gasteiger partial charge in [-0.25, -0.2) is 9.67 Å². The van der Waals surface area contributed by atoms with Crippen molar-refractivity contribution in [1.82, 2.24) is 29.4 Å². The van der Waals surface area contributed by atoms with Crippen molar-refractivity contribution in [2.75, 3.05) is 6.54 Å². The van der Waals surface area contributed by atoms with Crippen molar-refractivity contribution in [3.05, 3.63) is 77.4 Å². The van der Waals surface area contributed by atoms with Gasteiger partial charge in [0.1, 0.15) is 0 Å². The number of pyridine rings is 1. The predicted molar refractivity (Wildman–Crippen MR) is 109 cm³/mol. The van der Waals surface area contributed by atoms with Gasteiger partial charge in [0.15, 0.2) is 5.65 Å². The Hall–Kier alpha value is -3.48. The summed E-state index contributed by atoms with van der Waals surface area (Å²) in [4.78, 5) is 19.6. The van der Waals surface area contributed by atoms with Gasteiger partial charge >= 0.3 is 0 Å². The molecule has 1 aliphatic rings. The van der Waals surface area contributed by atoms with Crippen LogP contribution in [0.4, 0.5) is 0 Å². The van der Waals surface area contributed by atoms with Crippen LogP contribution in [0.15, 0.2) is 55.0 Å². The zero-order valence-corrected chi connectivity index (χ0v) is 16.3. The van der Waals surface area contributed by atoms with Gasteiger partial charge in [-0.05, 0) is 24.5 Å². The zero-order chi connectivity index (χ0) is 19.8. The van der Waals surface area contributed by atoms with Gasteiger partial charge in [0.25, 0.3) is 5.91 Å². The lowest BCUT2D eigenvalue weighted by Gasteiger charge is -2.20. The van der Waals surface area contributed by atoms with Gasteiger partial charge in [0, 0.05) is 43.0 Å². The quantitative estimate of drug-likeness (QED) is 0.543. The topological polar surface area (TPSA) is 68.8 Å². The van der Waals surface area contributed by atoms with Crippen LogP contribution in [0.1, 0.15) is 33.6 Å². The number of carbonyl (C=O) groups is 1. The fraction of sp³-hybridized carbons (Fsp3) is 0.273. The number of hydrogen-bond donors (Lipinski definition) is 0. The van der Waals surface area contributed by atoms with E-state index in [4.69, 9.17) is 0 Å². The van der Waals surface area contributed by atoms with E-state index in [0.29, 0.717) is 18.7 Å². The second-order valence-corrected chi connectivity index (χ2v) is 7.50. The summed E-state index contributed by atoms with van der Waals surface area (Å²) < 4.78 is 3.78. The van der Waals surface area contributed by atoms with Crippen LogP contribution in [-0.2, 0) is 26.6 Å². The van der Waals surface area contributed by atoms with E-state index in [1.165, 1.54) is 5.69 Å². The van der Waals surface area contributed by atoms with Crippen LogP contribution in [-0.4, -0.2) is 41.9 Å². The lowest BCUT2D eigenvalue weighted by Crippen LogP contribution is -2.30. The van der Waals surface area contributed by atoms with E-state index in [0.717, 1.165) is 41.5 Å². The highest BCUT2D eigenvalue weighted by molar-refractivity contribution is 5.96. The highest BCUT2D eigenvalue weighted by Gasteiger charge is 2.23. The average Bonchev–Trinajstić information content (AvgIpc) is 3.22. The number of rotatable bonds is 3. The summed E-state index contributed by atoms with van der Waals surface area (Å²) in [7, 11) is 1.96. The molecule has 0 saturated heterocycles. The van der Waals surface area contributed by atoms with Crippen LogP contribution in [0.25, 0.3) is 11.0 Å². The molecule has 0 bridgehead atoms. The normalized spacial score (nSPS) is 14.0. The molecule has 0 radical (unpaired) electrons. The number of carbonyl (C=O) groups excluding carboxylic acids is 1. The Morgan fingerprint density at radius 2 is 1.97 bits per heavy atom. The molecule has 0 spiro atoms. The Labute approximate surface area is 168 Å². The molecule has 1 amide bonds. The molecule has 29 heavy (non-hydrogen) atoms. The Bertz CT molecular complexity index is 1180. The summed E-state index contributed by atoms with van der Waals surface area (Å²) in [6.07, 6.45) is 7.20. The van der Waals surface area contributed by atoms with Gasteiger partial charge in [0.2, 0.25) is 0 Å². The second kappa shape index (κ2) is 7.16. The first kappa shape index (κ1) is 17.6. The number of hydrogen-bond acceptors (Lipinski definition) is 4. The van der Waals surface area contributed by atoms with E-state index in [9.17, 15) is 4.79 Å². The molecule has 0 saturated carbocycles. The highest BCUT2D eigenvalue weighted by atomic mass is 16.2. The third-order valence-corrected chi connectivity index (χ3v) is 5.54. The summed E-state index contributed by atoms with van der Waals surface area (Å²) in [5.74, 6) is 0.00640. The molecule has 3 aromatic heterocycles. The first-order valence-corrected chi connectivity index (χ1v) is 9.83. The molecule has 0 atom stereocenters. The van der Waals surface area contributed by atoms with E-state index in [1.54, 1.807) is 12.4 Å². The summed E-state index contributed by atoms with van der Waals surface area (Å²) in [6.45, 7) is 1.98. The maximum Gasteiger partial charge on any atom is 0.255 e. The maximum absolute atomic E-state index is 13.1. The molecule has 1 aliphatic heterocycles. The van der Waals surface area contributed by atoms with Crippen molar-refractivity contribution in [2.45, 2.75) is 25.9 Å². The molecule has 7 nitrogen and oxygen atoms in total. The molecule has 1 aromatic carbocycles. The van der Waals surface area contributed by atoms with E-state index in [2.05, 4.69) is 27.3 Å². The molecule has 0 N–H and O–H groups in total. The largest absolute Gasteiger partial charge is 0.334 e. The van der Waals surface area contributed by atoms with Crippen LogP contribution in [0, 0.1) is 0 Å². The van der Waals surface area contributed by atoms with Crippen molar-refractivity contribution in [3.8, 4) is 0 Å². The molecular weight excluding hydrogens is 364 g/mol. The van der Waals surface area contributed by atoms with Gasteiger partial charge < -0.3 is 4.90 Å². The van der Waals surface area contributed by atoms with Gasteiger partial charge in [-0.15, -0.1) is 0 Å². The number of aryl methyl sites for hydroxylation is 1. The highest BCUT2D eigenvalue weighted by Crippen LogP contribution is 2.21. The summed E-state index contributed by atoms with van der Waals surface area (Å²) >= 11 is 0. The smallest absolute Gasteiger partial charge is 0.255 e. The molecule has 146 valence electrons. The summed E-state index contributed by atoms with van der Waals surface area (Å²) in [6, 6.07) is 12.1. The van der Waals surface area contributed by atoms with E-state index >= 15 is 0 Å². The predicted octanol–water partition coefficient (Wildman–Crippen LogP) is 2.80. The zero-order valence-electron chi connectivity index (χ0n) is 16.3. The number of benzene rings is 1. The maximum atomic E-state index is 13.1.